The first-order chi connectivity index (χ1) is 9.24. The second-order valence-electron chi connectivity index (χ2n) is 4.48. The third-order valence-electron chi connectivity index (χ3n) is 3.14. The third-order valence-corrected chi connectivity index (χ3v) is 4.44. The number of hydrogen-bond donors (Lipinski definition) is 2. The summed E-state index contributed by atoms with van der Waals surface area (Å²) in [5.74, 6) is 0.682. The molecular weight excluding hydrogens is 276 g/mol. The number of aryl methyl sites for hydroxylation is 2. The van der Waals surface area contributed by atoms with Crippen LogP contribution in [0.5, 0.6) is 0 Å². The minimum absolute atomic E-state index is 0.344. The fourth-order valence-electron chi connectivity index (χ4n) is 2.21. The molecule has 0 saturated heterocycles. The lowest BCUT2D eigenvalue weighted by molar-refractivity contribution is 0.683. The molecule has 0 saturated carbocycles. The van der Waals surface area contributed by atoms with Crippen molar-refractivity contribution in [2.24, 2.45) is 5.73 Å². The number of fused-ring (bicyclic) bond motifs is 1. The number of nitrogens with one attached hydrogen (secondary N) is 1. The number of anilines is 2. The highest BCUT2D eigenvalue weighted by atomic mass is 32.1. The maximum absolute atomic E-state index is 5.70. The standard InChI is InChI=1S/C13H14N4S2/c14-11(18)8-4-3-7-15-12(8)17-13-16-9-5-1-2-6-10(9)19-13/h3-4,7H,1-2,5-6H2,(H2,14,18)(H,15,16,17). The number of aromatic nitrogens is 2. The van der Waals surface area contributed by atoms with E-state index in [1.807, 2.05) is 12.1 Å². The van der Waals surface area contributed by atoms with E-state index in [1.54, 1.807) is 17.5 Å². The Bertz CT molecular complexity index is 597. The van der Waals surface area contributed by atoms with Crippen molar-refractivity contribution in [2.75, 3.05) is 5.32 Å². The Balaban J connectivity index is 1.89. The van der Waals surface area contributed by atoms with Crippen molar-refractivity contribution >= 4 is 39.5 Å². The molecule has 4 nitrogen and oxygen atoms in total. The molecule has 3 rings (SSSR count). The molecule has 0 atom stereocenters. The van der Waals surface area contributed by atoms with Crippen LogP contribution in [0.25, 0.3) is 0 Å². The fourth-order valence-corrected chi connectivity index (χ4v) is 3.42. The Hall–Kier alpha value is -1.53. The third kappa shape index (κ3) is 2.59. The zero-order chi connectivity index (χ0) is 13.2. The zero-order valence-electron chi connectivity index (χ0n) is 10.3. The molecule has 0 unspecified atom stereocenters. The molecule has 0 aromatic carbocycles. The van der Waals surface area contributed by atoms with Gasteiger partial charge in [-0.3, -0.25) is 0 Å². The van der Waals surface area contributed by atoms with Crippen LogP contribution in [0.3, 0.4) is 0 Å². The topological polar surface area (TPSA) is 63.8 Å². The molecule has 1 aliphatic rings. The molecular formula is C13H14N4S2. The zero-order valence-corrected chi connectivity index (χ0v) is 12.0. The van der Waals surface area contributed by atoms with E-state index >= 15 is 0 Å². The van der Waals surface area contributed by atoms with E-state index in [1.165, 1.54) is 23.4 Å². The van der Waals surface area contributed by atoms with Gasteiger partial charge in [0.15, 0.2) is 5.13 Å². The van der Waals surface area contributed by atoms with Crippen molar-refractivity contribution in [1.29, 1.82) is 0 Å². The first-order valence-electron chi connectivity index (χ1n) is 6.24. The van der Waals surface area contributed by atoms with Crippen LogP contribution in [0.2, 0.25) is 0 Å². The Morgan fingerprint density at radius 2 is 2.21 bits per heavy atom. The first-order valence-corrected chi connectivity index (χ1v) is 7.47. The van der Waals surface area contributed by atoms with Crippen LogP contribution in [-0.2, 0) is 12.8 Å². The van der Waals surface area contributed by atoms with Gasteiger partial charge in [0.1, 0.15) is 10.8 Å². The van der Waals surface area contributed by atoms with Gasteiger partial charge in [0.25, 0.3) is 0 Å². The molecule has 6 heteroatoms. The van der Waals surface area contributed by atoms with Gasteiger partial charge in [0, 0.05) is 11.1 Å². The minimum Gasteiger partial charge on any atom is -0.389 e. The van der Waals surface area contributed by atoms with Gasteiger partial charge in [0.2, 0.25) is 0 Å². The summed E-state index contributed by atoms with van der Waals surface area (Å²) in [6.07, 6.45) is 6.43. The average Bonchev–Trinajstić information content (AvgIpc) is 2.81. The monoisotopic (exact) mass is 290 g/mol. The predicted molar refractivity (Wildman–Crippen MR) is 82.2 cm³/mol. The van der Waals surface area contributed by atoms with Crippen molar-refractivity contribution in [3.63, 3.8) is 0 Å². The van der Waals surface area contributed by atoms with Crippen molar-refractivity contribution in [1.82, 2.24) is 9.97 Å². The summed E-state index contributed by atoms with van der Waals surface area (Å²) in [6, 6.07) is 3.69. The smallest absolute Gasteiger partial charge is 0.188 e. The summed E-state index contributed by atoms with van der Waals surface area (Å²) in [5.41, 5.74) is 7.68. The molecule has 1 aliphatic carbocycles. The molecule has 0 fully saturated rings. The van der Waals surface area contributed by atoms with E-state index in [4.69, 9.17) is 18.0 Å². The molecule has 0 radical (unpaired) electrons. The molecule has 0 spiro atoms. The van der Waals surface area contributed by atoms with Gasteiger partial charge in [0.05, 0.1) is 11.3 Å². The van der Waals surface area contributed by atoms with Crippen LogP contribution in [0.1, 0.15) is 29.0 Å². The van der Waals surface area contributed by atoms with E-state index in [2.05, 4.69) is 15.3 Å². The van der Waals surface area contributed by atoms with Crippen LogP contribution in [0.4, 0.5) is 10.9 Å². The Morgan fingerprint density at radius 3 is 3.00 bits per heavy atom. The molecule has 2 aromatic rings. The van der Waals surface area contributed by atoms with E-state index in [0.29, 0.717) is 10.8 Å². The molecule has 0 amide bonds. The Kier molecular flexibility index (Phi) is 3.44. The SMILES string of the molecule is NC(=S)c1cccnc1Nc1nc2c(s1)CCCC2. The average molecular weight is 290 g/mol. The molecule has 3 N–H and O–H groups in total. The van der Waals surface area contributed by atoms with Crippen molar-refractivity contribution in [2.45, 2.75) is 25.7 Å². The summed E-state index contributed by atoms with van der Waals surface area (Å²) in [7, 11) is 0. The van der Waals surface area contributed by atoms with E-state index < -0.39 is 0 Å². The number of nitrogens with two attached hydrogens (primary N) is 1. The van der Waals surface area contributed by atoms with Crippen molar-refractivity contribution in [3.05, 3.63) is 34.5 Å². The van der Waals surface area contributed by atoms with Crippen molar-refractivity contribution in [3.8, 4) is 0 Å². The second kappa shape index (κ2) is 5.22. The van der Waals surface area contributed by atoms with Crippen LogP contribution < -0.4 is 11.1 Å². The predicted octanol–water partition coefficient (Wildman–Crippen LogP) is 2.79. The second-order valence-corrected chi connectivity index (χ2v) is 6.01. The minimum atomic E-state index is 0.344. The van der Waals surface area contributed by atoms with Gasteiger partial charge in [-0.2, -0.15) is 0 Å². The van der Waals surface area contributed by atoms with Crippen molar-refractivity contribution < 1.29 is 0 Å². The van der Waals surface area contributed by atoms with Gasteiger partial charge in [-0.1, -0.05) is 12.2 Å². The van der Waals surface area contributed by atoms with Gasteiger partial charge >= 0.3 is 0 Å². The number of rotatable bonds is 3. The van der Waals surface area contributed by atoms with Gasteiger partial charge in [-0.15, -0.1) is 11.3 Å². The van der Waals surface area contributed by atoms with E-state index in [9.17, 15) is 0 Å². The largest absolute Gasteiger partial charge is 0.389 e. The van der Waals surface area contributed by atoms with Crippen LogP contribution in [-0.4, -0.2) is 15.0 Å². The van der Waals surface area contributed by atoms with E-state index in [0.717, 1.165) is 23.5 Å². The summed E-state index contributed by atoms with van der Waals surface area (Å²) in [5, 5.41) is 4.12. The number of thiazole rings is 1. The highest BCUT2D eigenvalue weighted by Gasteiger charge is 2.16. The quantitative estimate of drug-likeness (QED) is 0.851. The Morgan fingerprint density at radius 1 is 1.37 bits per heavy atom. The maximum Gasteiger partial charge on any atom is 0.188 e. The van der Waals surface area contributed by atoms with Gasteiger partial charge in [-0.25, -0.2) is 9.97 Å². The molecule has 2 heterocycles. The summed E-state index contributed by atoms with van der Waals surface area (Å²) >= 11 is 6.74. The first kappa shape index (κ1) is 12.5. The maximum atomic E-state index is 5.70. The molecule has 98 valence electrons. The highest BCUT2D eigenvalue weighted by Crippen LogP contribution is 2.31. The number of hydrogen-bond acceptors (Lipinski definition) is 5. The molecule has 19 heavy (non-hydrogen) atoms. The normalized spacial score (nSPS) is 13.9. The summed E-state index contributed by atoms with van der Waals surface area (Å²) < 4.78 is 0. The number of pyridine rings is 1. The molecule has 0 bridgehead atoms. The van der Waals surface area contributed by atoms with Crippen LogP contribution in [0.15, 0.2) is 18.3 Å². The molecule has 0 aliphatic heterocycles. The molecule has 2 aromatic heterocycles. The summed E-state index contributed by atoms with van der Waals surface area (Å²) in [6.45, 7) is 0. The lowest BCUT2D eigenvalue weighted by atomic mass is 10.0. The fraction of sp³-hybridized carbons (Fsp3) is 0.308. The van der Waals surface area contributed by atoms with Crippen LogP contribution in [0, 0.1) is 0 Å². The lowest BCUT2D eigenvalue weighted by Gasteiger charge is -2.06. The van der Waals surface area contributed by atoms with Gasteiger partial charge < -0.3 is 11.1 Å². The number of thiocarbonyl (C=S) groups is 1. The highest BCUT2D eigenvalue weighted by molar-refractivity contribution is 7.80. The number of nitrogens with zero attached hydrogens (tertiary/aromatic N) is 2. The Labute approximate surface area is 121 Å². The van der Waals surface area contributed by atoms with Crippen LogP contribution >= 0.6 is 23.6 Å². The summed E-state index contributed by atoms with van der Waals surface area (Å²) in [4.78, 5) is 10.7. The van der Waals surface area contributed by atoms with E-state index in [-0.39, 0.29) is 0 Å². The van der Waals surface area contributed by atoms with Gasteiger partial charge in [-0.05, 0) is 37.8 Å². The lowest BCUT2D eigenvalue weighted by Crippen LogP contribution is -2.12.